The van der Waals surface area contributed by atoms with Crippen molar-refractivity contribution in [1.82, 2.24) is 10.3 Å². The second kappa shape index (κ2) is 5.76. The van der Waals surface area contributed by atoms with Gasteiger partial charge in [0.25, 0.3) is 0 Å². The number of anilines is 1. The van der Waals surface area contributed by atoms with E-state index in [2.05, 4.69) is 48.5 Å². The van der Waals surface area contributed by atoms with Crippen LogP contribution in [-0.4, -0.2) is 24.2 Å². The monoisotopic (exact) mass is 299 g/mol. The fraction of sp³-hybridized carbons (Fsp3) is 0.500. The molecule has 1 aromatic heterocycles. The van der Waals surface area contributed by atoms with E-state index in [1.54, 1.807) is 7.11 Å². The molecule has 0 saturated carbocycles. The molecule has 1 aliphatic rings. The van der Waals surface area contributed by atoms with Crippen molar-refractivity contribution in [2.75, 3.05) is 19.0 Å². The van der Waals surface area contributed by atoms with Crippen LogP contribution in [0.2, 0.25) is 0 Å². The van der Waals surface area contributed by atoms with Gasteiger partial charge in [0.05, 0.1) is 23.7 Å². The van der Waals surface area contributed by atoms with Crippen molar-refractivity contribution in [3.63, 3.8) is 0 Å². The van der Waals surface area contributed by atoms with Gasteiger partial charge in [0.2, 0.25) is 0 Å². The molecule has 0 bridgehead atoms. The van der Waals surface area contributed by atoms with Crippen molar-refractivity contribution in [3.05, 3.63) is 29.5 Å². The summed E-state index contributed by atoms with van der Waals surface area (Å²) < 4.78 is 5.66. The molecule has 4 heteroatoms. The quantitative estimate of drug-likeness (QED) is 0.911. The highest BCUT2D eigenvalue weighted by Gasteiger charge is 2.17. The number of pyridine rings is 1. The number of fused-ring (bicyclic) bond motifs is 3. The number of hydrogen-bond donors (Lipinski definition) is 2. The molecule has 1 aromatic carbocycles. The third kappa shape index (κ3) is 3.02. The summed E-state index contributed by atoms with van der Waals surface area (Å²) in [5, 5.41) is 8.15. The van der Waals surface area contributed by atoms with Gasteiger partial charge in [0.1, 0.15) is 5.75 Å². The molecular weight excluding hydrogens is 274 g/mol. The van der Waals surface area contributed by atoms with Crippen molar-refractivity contribution >= 4 is 16.6 Å². The maximum atomic E-state index is 5.66. The van der Waals surface area contributed by atoms with Gasteiger partial charge in [0, 0.05) is 24.8 Å². The van der Waals surface area contributed by atoms with Crippen LogP contribution in [0.3, 0.4) is 0 Å². The number of hydrogen-bond acceptors (Lipinski definition) is 4. The summed E-state index contributed by atoms with van der Waals surface area (Å²) in [6.45, 7) is 8.34. The van der Waals surface area contributed by atoms with E-state index in [4.69, 9.17) is 4.74 Å². The van der Waals surface area contributed by atoms with Gasteiger partial charge in [-0.25, -0.2) is 0 Å². The highest BCUT2D eigenvalue weighted by atomic mass is 16.5. The first kappa shape index (κ1) is 15.1. The molecule has 118 valence electrons. The topological polar surface area (TPSA) is 46.2 Å². The van der Waals surface area contributed by atoms with Crippen molar-refractivity contribution in [2.45, 2.75) is 45.7 Å². The first-order valence-electron chi connectivity index (χ1n) is 7.95. The SMILES string of the molecule is COc1cc(CNC(C)(C)C)cc2ncc3c(c12)NCCC3. The van der Waals surface area contributed by atoms with Gasteiger partial charge >= 0.3 is 0 Å². The summed E-state index contributed by atoms with van der Waals surface area (Å²) in [6.07, 6.45) is 4.25. The van der Waals surface area contributed by atoms with Crippen molar-refractivity contribution < 1.29 is 4.74 Å². The first-order valence-corrected chi connectivity index (χ1v) is 7.95. The van der Waals surface area contributed by atoms with Crippen LogP contribution < -0.4 is 15.4 Å². The lowest BCUT2D eigenvalue weighted by atomic mass is 10.00. The van der Waals surface area contributed by atoms with Crippen LogP contribution in [-0.2, 0) is 13.0 Å². The second-order valence-corrected chi connectivity index (χ2v) is 6.98. The van der Waals surface area contributed by atoms with E-state index in [-0.39, 0.29) is 5.54 Å². The second-order valence-electron chi connectivity index (χ2n) is 6.98. The molecular formula is C18H25N3O. The molecule has 0 aliphatic carbocycles. The van der Waals surface area contributed by atoms with Crippen LogP contribution >= 0.6 is 0 Å². The lowest BCUT2D eigenvalue weighted by Crippen LogP contribution is -2.35. The van der Waals surface area contributed by atoms with E-state index in [9.17, 15) is 0 Å². The van der Waals surface area contributed by atoms with Crippen LogP contribution in [0.5, 0.6) is 5.75 Å². The molecule has 2 heterocycles. The molecule has 0 amide bonds. The standard InChI is InChI=1S/C18H25N3O/c1-18(2,3)21-10-12-8-14-16(15(9-12)22-4)17-13(11-20-14)6-5-7-19-17/h8-9,11,19,21H,5-7,10H2,1-4H3. The number of ether oxygens (including phenoxy) is 1. The zero-order valence-corrected chi connectivity index (χ0v) is 13.9. The summed E-state index contributed by atoms with van der Waals surface area (Å²) in [6, 6.07) is 4.28. The van der Waals surface area contributed by atoms with Crippen LogP contribution in [0.4, 0.5) is 5.69 Å². The van der Waals surface area contributed by atoms with Crippen LogP contribution in [0.1, 0.15) is 38.3 Å². The summed E-state index contributed by atoms with van der Waals surface area (Å²) in [5.74, 6) is 0.905. The number of nitrogens with zero attached hydrogens (tertiary/aromatic N) is 1. The van der Waals surface area contributed by atoms with Crippen molar-refractivity contribution in [1.29, 1.82) is 0 Å². The van der Waals surface area contributed by atoms with Crippen molar-refractivity contribution in [2.24, 2.45) is 0 Å². The molecule has 0 atom stereocenters. The maximum absolute atomic E-state index is 5.66. The minimum atomic E-state index is 0.0903. The molecule has 0 saturated heterocycles. The molecule has 0 spiro atoms. The Morgan fingerprint density at radius 1 is 1.32 bits per heavy atom. The minimum Gasteiger partial charge on any atom is -0.496 e. The van der Waals surface area contributed by atoms with E-state index in [0.29, 0.717) is 0 Å². The van der Waals surface area contributed by atoms with Crippen LogP contribution in [0.25, 0.3) is 10.9 Å². The number of aryl methyl sites for hydroxylation is 1. The Morgan fingerprint density at radius 3 is 2.86 bits per heavy atom. The van der Waals surface area contributed by atoms with E-state index in [1.807, 2.05) is 6.20 Å². The highest BCUT2D eigenvalue weighted by Crippen LogP contribution is 2.36. The average molecular weight is 299 g/mol. The van der Waals surface area contributed by atoms with Crippen molar-refractivity contribution in [3.8, 4) is 5.75 Å². The number of rotatable bonds is 3. The summed E-state index contributed by atoms with van der Waals surface area (Å²) in [5.41, 5.74) is 4.77. The normalized spacial score (nSPS) is 14.5. The average Bonchev–Trinajstić information content (AvgIpc) is 2.51. The predicted molar refractivity (Wildman–Crippen MR) is 91.7 cm³/mol. The predicted octanol–water partition coefficient (Wildman–Crippen LogP) is 3.49. The fourth-order valence-electron chi connectivity index (χ4n) is 2.90. The van der Waals surface area contributed by atoms with Gasteiger partial charge in [-0.1, -0.05) is 0 Å². The zero-order valence-electron chi connectivity index (χ0n) is 13.9. The molecule has 2 N–H and O–H groups in total. The maximum Gasteiger partial charge on any atom is 0.130 e. The number of benzene rings is 1. The van der Waals surface area contributed by atoms with E-state index in [1.165, 1.54) is 16.8 Å². The molecule has 22 heavy (non-hydrogen) atoms. The largest absolute Gasteiger partial charge is 0.496 e. The lowest BCUT2D eigenvalue weighted by Gasteiger charge is -2.23. The van der Waals surface area contributed by atoms with Crippen LogP contribution in [0, 0.1) is 0 Å². The molecule has 2 aromatic rings. The molecule has 4 nitrogen and oxygen atoms in total. The van der Waals surface area contributed by atoms with Crippen LogP contribution in [0.15, 0.2) is 18.3 Å². The first-order chi connectivity index (χ1) is 10.5. The molecule has 0 fully saturated rings. The highest BCUT2D eigenvalue weighted by molar-refractivity contribution is 5.98. The Bertz CT molecular complexity index is 689. The minimum absolute atomic E-state index is 0.0903. The molecule has 0 unspecified atom stereocenters. The summed E-state index contributed by atoms with van der Waals surface area (Å²) in [4.78, 5) is 4.66. The third-order valence-corrected chi connectivity index (χ3v) is 4.04. The summed E-state index contributed by atoms with van der Waals surface area (Å²) >= 11 is 0. The van der Waals surface area contributed by atoms with E-state index in [0.717, 1.165) is 42.6 Å². The smallest absolute Gasteiger partial charge is 0.130 e. The van der Waals surface area contributed by atoms with E-state index >= 15 is 0 Å². The van der Waals surface area contributed by atoms with E-state index < -0.39 is 0 Å². The lowest BCUT2D eigenvalue weighted by molar-refractivity contribution is 0.413. The Kier molecular flexibility index (Phi) is 3.96. The van der Waals surface area contributed by atoms with Gasteiger partial charge in [0.15, 0.2) is 0 Å². The number of aromatic nitrogens is 1. The van der Waals surface area contributed by atoms with Gasteiger partial charge in [-0.15, -0.1) is 0 Å². The molecule has 0 radical (unpaired) electrons. The molecule has 1 aliphatic heterocycles. The fourth-order valence-corrected chi connectivity index (χ4v) is 2.90. The summed E-state index contributed by atoms with van der Waals surface area (Å²) in [7, 11) is 1.73. The number of nitrogens with one attached hydrogen (secondary N) is 2. The Hall–Kier alpha value is -1.81. The Balaban J connectivity index is 2.05. The van der Waals surface area contributed by atoms with Gasteiger partial charge in [-0.05, 0) is 56.9 Å². The van der Waals surface area contributed by atoms with Gasteiger partial charge in [-0.3, -0.25) is 4.98 Å². The Morgan fingerprint density at radius 2 is 2.14 bits per heavy atom. The zero-order chi connectivity index (χ0) is 15.7. The number of methoxy groups -OCH3 is 1. The van der Waals surface area contributed by atoms with Gasteiger partial charge < -0.3 is 15.4 Å². The van der Waals surface area contributed by atoms with Gasteiger partial charge in [-0.2, -0.15) is 0 Å². The Labute approximate surface area is 132 Å². The third-order valence-electron chi connectivity index (χ3n) is 4.04. The molecule has 3 rings (SSSR count).